The molecule has 1 aliphatic rings. The number of likely N-dealkylation sites (N-methyl/N-ethyl adjacent to an activating group) is 1. The SMILES string of the molecule is CC(C)CN=C(N)NCCN1CCCN(C)CC1. The number of guanidine groups is 1. The Morgan fingerprint density at radius 1 is 1.28 bits per heavy atom. The van der Waals surface area contributed by atoms with E-state index in [0.29, 0.717) is 11.9 Å². The number of hydrogen-bond acceptors (Lipinski definition) is 3. The van der Waals surface area contributed by atoms with Crippen LogP contribution in [0.1, 0.15) is 20.3 Å². The van der Waals surface area contributed by atoms with E-state index in [0.717, 1.165) is 32.7 Å². The molecule has 0 aromatic carbocycles. The second kappa shape index (κ2) is 8.32. The summed E-state index contributed by atoms with van der Waals surface area (Å²) in [5.74, 6) is 1.14. The maximum absolute atomic E-state index is 5.80. The van der Waals surface area contributed by atoms with Gasteiger partial charge in [-0.3, -0.25) is 4.99 Å². The van der Waals surface area contributed by atoms with Gasteiger partial charge in [-0.05, 0) is 32.5 Å². The first kappa shape index (κ1) is 15.2. The van der Waals surface area contributed by atoms with Crippen LogP contribution in [0.5, 0.6) is 0 Å². The van der Waals surface area contributed by atoms with E-state index in [1.54, 1.807) is 0 Å². The molecule has 0 radical (unpaired) electrons. The van der Waals surface area contributed by atoms with Crippen LogP contribution < -0.4 is 11.1 Å². The zero-order valence-electron chi connectivity index (χ0n) is 12.2. The number of aliphatic imine (C=N–C) groups is 1. The van der Waals surface area contributed by atoms with Crippen molar-refractivity contribution in [3.05, 3.63) is 0 Å². The first-order chi connectivity index (χ1) is 8.58. The summed E-state index contributed by atoms with van der Waals surface area (Å²) in [5, 5.41) is 3.19. The molecular formula is C13H29N5. The molecule has 0 aromatic rings. The van der Waals surface area contributed by atoms with Crippen LogP contribution in [0.25, 0.3) is 0 Å². The molecule has 5 nitrogen and oxygen atoms in total. The van der Waals surface area contributed by atoms with E-state index >= 15 is 0 Å². The van der Waals surface area contributed by atoms with Gasteiger partial charge in [0.25, 0.3) is 0 Å². The Bertz CT molecular complexity index is 252. The van der Waals surface area contributed by atoms with Crippen LogP contribution >= 0.6 is 0 Å². The predicted molar refractivity (Wildman–Crippen MR) is 77.9 cm³/mol. The zero-order valence-corrected chi connectivity index (χ0v) is 12.2. The molecule has 3 N–H and O–H groups in total. The summed E-state index contributed by atoms with van der Waals surface area (Å²) in [5.41, 5.74) is 5.80. The maximum Gasteiger partial charge on any atom is 0.188 e. The van der Waals surface area contributed by atoms with Gasteiger partial charge in [0.1, 0.15) is 0 Å². The predicted octanol–water partition coefficient (Wildman–Crippen LogP) is 0.184. The molecule has 0 atom stereocenters. The summed E-state index contributed by atoms with van der Waals surface area (Å²) in [4.78, 5) is 9.18. The minimum atomic E-state index is 0.562. The second-order valence-corrected chi connectivity index (χ2v) is 5.55. The summed E-state index contributed by atoms with van der Waals surface area (Å²) < 4.78 is 0. The Kier molecular flexibility index (Phi) is 7.05. The molecule has 0 amide bonds. The van der Waals surface area contributed by atoms with Gasteiger partial charge >= 0.3 is 0 Å². The molecule has 1 aliphatic heterocycles. The van der Waals surface area contributed by atoms with Crippen LogP contribution in [0.2, 0.25) is 0 Å². The van der Waals surface area contributed by atoms with Crippen molar-refractivity contribution >= 4 is 5.96 Å². The first-order valence-electron chi connectivity index (χ1n) is 7.02. The molecule has 1 saturated heterocycles. The van der Waals surface area contributed by atoms with Crippen molar-refractivity contribution in [3.8, 4) is 0 Å². The number of rotatable bonds is 5. The lowest BCUT2D eigenvalue weighted by atomic mass is 10.2. The standard InChI is InChI=1S/C13H29N5/c1-12(2)11-16-13(14)15-5-8-18-7-4-6-17(3)9-10-18/h12H,4-11H2,1-3H3,(H3,14,15,16). The van der Waals surface area contributed by atoms with Gasteiger partial charge in [-0.2, -0.15) is 0 Å². The summed E-state index contributed by atoms with van der Waals surface area (Å²) in [6, 6.07) is 0. The molecule has 18 heavy (non-hydrogen) atoms. The van der Waals surface area contributed by atoms with Gasteiger partial charge in [-0.15, -0.1) is 0 Å². The normalized spacial score (nSPS) is 20.1. The Morgan fingerprint density at radius 2 is 2.06 bits per heavy atom. The van der Waals surface area contributed by atoms with Gasteiger partial charge in [0.15, 0.2) is 5.96 Å². The van der Waals surface area contributed by atoms with Crippen LogP contribution in [-0.4, -0.2) is 68.6 Å². The third-order valence-electron chi connectivity index (χ3n) is 3.17. The lowest BCUT2D eigenvalue weighted by Gasteiger charge is -2.20. The fourth-order valence-corrected chi connectivity index (χ4v) is 2.00. The van der Waals surface area contributed by atoms with E-state index in [-0.39, 0.29) is 0 Å². The third kappa shape index (κ3) is 6.81. The zero-order chi connectivity index (χ0) is 13.4. The number of nitrogens with two attached hydrogens (primary N) is 1. The smallest absolute Gasteiger partial charge is 0.188 e. The largest absolute Gasteiger partial charge is 0.370 e. The number of nitrogens with zero attached hydrogens (tertiary/aromatic N) is 3. The van der Waals surface area contributed by atoms with Gasteiger partial charge in [-0.25, -0.2) is 0 Å². The fraction of sp³-hybridized carbons (Fsp3) is 0.923. The summed E-state index contributed by atoms with van der Waals surface area (Å²) >= 11 is 0. The highest BCUT2D eigenvalue weighted by molar-refractivity contribution is 5.77. The molecule has 0 unspecified atom stereocenters. The second-order valence-electron chi connectivity index (χ2n) is 5.55. The molecule has 1 fully saturated rings. The fourth-order valence-electron chi connectivity index (χ4n) is 2.00. The average molecular weight is 255 g/mol. The van der Waals surface area contributed by atoms with Crippen LogP contribution in [0, 0.1) is 5.92 Å². The van der Waals surface area contributed by atoms with Crippen molar-refractivity contribution in [2.24, 2.45) is 16.6 Å². The maximum atomic E-state index is 5.80. The van der Waals surface area contributed by atoms with E-state index in [9.17, 15) is 0 Å². The van der Waals surface area contributed by atoms with Crippen molar-refractivity contribution in [1.29, 1.82) is 0 Å². The first-order valence-corrected chi connectivity index (χ1v) is 7.02. The van der Waals surface area contributed by atoms with E-state index in [1.165, 1.54) is 19.5 Å². The van der Waals surface area contributed by atoms with Gasteiger partial charge in [0.05, 0.1) is 0 Å². The van der Waals surface area contributed by atoms with E-state index in [4.69, 9.17) is 5.73 Å². The van der Waals surface area contributed by atoms with Crippen molar-refractivity contribution in [2.45, 2.75) is 20.3 Å². The highest BCUT2D eigenvalue weighted by atomic mass is 15.2. The highest BCUT2D eigenvalue weighted by Crippen LogP contribution is 1.99. The Balaban J connectivity index is 2.14. The Morgan fingerprint density at radius 3 is 2.78 bits per heavy atom. The molecule has 0 aromatic heterocycles. The minimum Gasteiger partial charge on any atom is -0.370 e. The minimum absolute atomic E-state index is 0.562. The Labute approximate surface area is 111 Å². The quantitative estimate of drug-likeness (QED) is 0.544. The van der Waals surface area contributed by atoms with Crippen molar-refractivity contribution in [2.75, 3.05) is 52.9 Å². The molecular weight excluding hydrogens is 226 g/mol. The monoisotopic (exact) mass is 255 g/mol. The third-order valence-corrected chi connectivity index (χ3v) is 3.17. The summed E-state index contributed by atoms with van der Waals surface area (Å²) in [7, 11) is 2.19. The molecule has 5 heteroatoms. The van der Waals surface area contributed by atoms with Crippen LogP contribution in [0.3, 0.4) is 0 Å². The van der Waals surface area contributed by atoms with Crippen LogP contribution in [0.15, 0.2) is 4.99 Å². The van der Waals surface area contributed by atoms with E-state index < -0.39 is 0 Å². The van der Waals surface area contributed by atoms with Crippen molar-refractivity contribution < 1.29 is 0 Å². The molecule has 0 spiro atoms. The summed E-state index contributed by atoms with van der Waals surface area (Å²) in [6.07, 6.45) is 1.26. The van der Waals surface area contributed by atoms with Gasteiger partial charge in [-0.1, -0.05) is 13.8 Å². The van der Waals surface area contributed by atoms with Crippen LogP contribution in [-0.2, 0) is 0 Å². The Hall–Kier alpha value is -0.810. The molecule has 0 saturated carbocycles. The number of hydrogen-bond donors (Lipinski definition) is 2. The summed E-state index contributed by atoms with van der Waals surface area (Å²) in [6.45, 7) is 11.7. The van der Waals surface area contributed by atoms with E-state index in [1.807, 2.05) is 0 Å². The van der Waals surface area contributed by atoms with Crippen molar-refractivity contribution in [1.82, 2.24) is 15.1 Å². The molecule has 106 valence electrons. The molecule has 0 bridgehead atoms. The lowest BCUT2D eigenvalue weighted by molar-refractivity contribution is 0.280. The topological polar surface area (TPSA) is 56.9 Å². The lowest BCUT2D eigenvalue weighted by Crippen LogP contribution is -2.39. The van der Waals surface area contributed by atoms with E-state index in [2.05, 4.69) is 41.0 Å². The molecule has 1 heterocycles. The van der Waals surface area contributed by atoms with Gasteiger partial charge in [0, 0.05) is 32.7 Å². The van der Waals surface area contributed by atoms with Gasteiger partial charge in [0.2, 0.25) is 0 Å². The average Bonchev–Trinajstić information content (AvgIpc) is 2.52. The molecule has 0 aliphatic carbocycles. The highest BCUT2D eigenvalue weighted by Gasteiger charge is 2.11. The number of nitrogens with one attached hydrogen (secondary N) is 1. The molecule has 1 rings (SSSR count). The van der Waals surface area contributed by atoms with Crippen molar-refractivity contribution in [3.63, 3.8) is 0 Å². The van der Waals surface area contributed by atoms with Crippen LogP contribution in [0.4, 0.5) is 0 Å². The van der Waals surface area contributed by atoms with Gasteiger partial charge < -0.3 is 20.9 Å².